The number of nitrogens with two attached hydrogens (primary N) is 1. The van der Waals surface area contributed by atoms with Crippen LogP contribution in [0.4, 0.5) is 0 Å². The summed E-state index contributed by atoms with van der Waals surface area (Å²) in [4.78, 5) is 4.20. The van der Waals surface area contributed by atoms with Crippen LogP contribution in [0.1, 0.15) is 11.1 Å². The molecule has 21 heavy (non-hydrogen) atoms. The standard InChI is InChI=1S/C18H15N3/c19-17(14-7-2-1-3-8-14)21-18(20)16-11-10-13-6-4-5-9-15(13)12-16/h1-12H,(H3,19,20,21). The first-order valence-electron chi connectivity index (χ1n) is 6.71. The first kappa shape index (κ1) is 13.1. The lowest BCUT2D eigenvalue weighted by molar-refractivity contribution is 1.40. The Kier molecular flexibility index (Phi) is 3.48. The number of hydrogen-bond donors (Lipinski definition) is 2. The minimum atomic E-state index is 0.168. The highest BCUT2D eigenvalue weighted by molar-refractivity contribution is 6.10. The Morgan fingerprint density at radius 3 is 2.19 bits per heavy atom. The Morgan fingerprint density at radius 1 is 0.762 bits per heavy atom. The lowest BCUT2D eigenvalue weighted by Crippen LogP contribution is -2.15. The minimum absolute atomic E-state index is 0.168. The summed E-state index contributed by atoms with van der Waals surface area (Å²) in [7, 11) is 0. The Labute approximate surface area is 123 Å². The van der Waals surface area contributed by atoms with Crippen LogP contribution in [0.5, 0.6) is 0 Å². The molecule has 0 aliphatic heterocycles. The largest absolute Gasteiger partial charge is 0.383 e. The average molecular weight is 273 g/mol. The second kappa shape index (κ2) is 5.59. The highest BCUT2D eigenvalue weighted by atomic mass is 14.9. The van der Waals surface area contributed by atoms with Gasteiger partial charge in [-0.2, -0.15) is 0 Å². The van der Waals surface area contributed by atoms with Crippen molar-refractivity contribution in [3.63, 3.8) is 0 Å². The highest BCUT2D eigenvalue weighted by Gasteiger charge is 2.03. The summed E-state index contributed by atoms with van der Waals surface area (Å²) >= 11 is 0. The van der Waals surface area contributed by atoms with Crippen molar-refractivity contribution in [2.45, 2.75) is 0 Å². The summed E-state index contributed by atoms with van der Waals surface area (Å²) in [5, 5.41) is 10.3. The van der Waals surface area contributed by atoms with Gasteiger partial charge >= 0.3 is 0 Å². The molecule has 3 heteroatoms. The smallest absolute Gasteiger partial charge is 0.154 e. The van der Waals surface area contributed by atoms with Crippen LogP contribution < -0.4 is 5.73 Å². The number of aliphatic imine (C=N–C) groups is 1. The van der Waals surface area contributed by atoms with Crippen molar-refractivity contribution in [2.75, 3.05) is 0 Å². The highest BCUT2D eigenvalue weighted by Crippen LogP contribution is 2.15. The van der Waals surface area contributed by atoms with Gasteiger partial charge in [0.1, 0.15) is 5.84 Å². The molecule has 0 spiro atoms. The molecule has 0 heterocycles. The molecule has 0 fully saturated rings. The van der Waals surface area contributed by atoms with Crippen molar-refractivity contribution in [3.8, 4) is 0 Å². The SMILES string of the molecule is N=C(N=C(N)c1ccc2ccccc2c1)c1ccccc1. The third-order valence-electron chi connectivity index (χ3n) is 3.32. The molecule has 0 atom stereocenters. The number of hydrogen-bond acceptors (Lipinski definition) is 1. The van der Waals surface area contributed by atoms with E-state index in [-0.39, 0.29) is 5.84 Å². The van der Waals surface area contributed by atoms with Crippen LogP contribution in [0.25, 0.3) is 10.8 Å². The van der Waals surface area contributed by atoms with Crippen LogP contribution in [-0.4, -0.2) is 11.7 Å². The average Bonchev–Trinajstić information content (AvgIpc) is 2.55. The van der Waals surface area contributed by atoms with Gasteiger partial charge in [-0.1, -0.05) is 66.7 Å². The number of nitrogens with zero attached hydrogens (tertiary/aromatic N) is 1. The molecule has 0 amide bonds. The minimum Gasteiger partial charge on any atom is -0.383 e. The summed E-state index contributed by atoms with van der Waals surface area (Å²) < 4.78 is 0. The third-order valence-corrected chi connectivity index (χ3v) is 3.32. The Morgan fingerprint density at radius 2 is 1.43 bits per heavy atom. The second-order valence-corrected chi connectivity index (χ2v) is 4.77. The quantitative estimate of drug-likeness (QED) is 0.544. The summed E-state index contributed by atoms with van der Waals surface area (Å²) in [5.41, 5.74) is 7.61. The van der Waals surface area contributed by atoms with E-state index < -0.39 is 0 Å². The zero-order valence-electron chi connectivity index (χ0n) is 11.5. The van der Waals surface area contributed by atoms with Crippen LogP contribution in [0.3, 0.4) is 0 Å². The van der Waals surface area contributed by atoms with Gasteiger partial charge in [-0.25, -0.2) is 4.99 Å². The molecule has 0 saturated heterocycles. The fourth-order valence-electron chi connectivity index (χ4n) is 2.19. The number of amidine groups is 2. The topological polar surface area (TPSA) is 62.2 Å². The molecule has 0 radical (unpaired) electrons. The van der Waals surface area contributed by atoms with Crippen LogP contribution in [0.15, 0.2) is 77.8 Å². The number of fused-ring (bicyclic) bond motifs is 1. The Bertz CT molecular complexity index is 820. The molecule has 0 aliphatic carbocycles. The molecular weight excluding hydrogens is 258 g/mol. The summed E-state index contributed by atoms with van der Waals surface area (Å²) in [6.07, 6.45) is 0. The van der Waals surface area contributed by atoms with Crippen molar-refractivity contribution < 1.29 is 0 Å². The van der Waals surface area contributed by atoms with Crippen molar-refractivity contribution in [3.05, 3.63) is 83.9 Å². The zero-order valence-corrected chi connectivity index (χ0v) is 11.5. The van der Waals surface area contributed by atoms with E-state index in [1.165, 1.54) is 0 Å². The lowest BCUT2D eigenvalue weighted by Gasteiger charge is -2.04. The van der Waals surface area contributed by atoms with E-state index in [0.29, 0.717) is 5.84 Å². The molecule has 3 N–H and O–H groups in total. The predicted molar refractivity (Wildman–Crippen MR) is 87.9 cm³/mol. The van der Waals surface area contributed by atoms with Crippen LogP contribution in [0, 0.1) is 5.41 Å². The van der Waals surface area contributed by atoms with Gasteiger partial charge in [0.2, 0.25) is 0 Å². The maximum atomic E-state index is 8.00. The van der Waals surface area contributed by atoms with Crippen LogP contribution in [-0.2, 0) is 0 Å². The van der Waals surface area contributed by atoms with Crippen LogP contribution in [0.2, 0.25) is 0 Å². The van der Waals surface area contributed by atoms with Gasteiger partial charge in [0.25, 0.3) is 0 Å². The predicted octanol–water partition coefficient (Wildman–Crippen LogP) is 3.57. The van der Waals surface area contributed by atoms with E-state index in [0.717, 1.165) is 21.9 Å². The number of benzene rings is 3. The van der Waals surface area contributed by atoms with E-state index in [1.807, 2.05) is 66.7 Å². The molecule has 0 unspecified atom stereocenters. The summed E-state index contributed by atoms with van der Waals surface area (Å²) in [6, 6.07) is 23.4. The molecule has 3 nitrogen and oxygen atoms in total. The van der Waals surface area contributed by atoms with Gasteiger partial charge in [0.05, 0.1) is 0 Å². The molecule has 3 aromatic rings. The lowest BCUT2D eigenvalue weighted by atomic mass is 10.1. The Hall–Kier alpha value is -2.94. The van der Waals surface area contributed by atoms with Crippen molar-refractivity contribution in [2.24, 2.45) is 10.7 Å². The van der Waals surface area contributed by atoms with E-state index in [1.54, 1.807) is 0 Å². The molecule has 0 saturated carbocycles. The van der Waals surface area contributed by atoms with E-state index >= 15 is 0 Å². The van der Waals surface area contributed by atoms with Gasteiger partial charge in [0.15, 0.2) is 5.84 Å². The first-order valence-corrected chi connectivity index (χ1v) is 6.71. The number of nitrogens with one attached hydrogen (secondary N) is 1. The molecule has 0 aromatic heterocycles. The van der Waals surface area contributed by atoms with Gasteiger partial charge in [-0.15, -0.1) is 0 Å². The zero-order chi connectivity index (χ0) is 14.7. The van der Waals surface area contributed by atoms with Crippen molar-refractivity contribution in [1.82, 2.24) is 0 Å². The maximum absolute atomic E-state index is 8.00. The molecular formula is C18H15N3. The van der Waals surface area contributed by atoms with E-state index in [2.05, 4.69) is 11.1 Å². The molecule has 3 rings (SSSR count). The van der Waals surface area contributed by atoms with Gasteiger partial charge in [0, 0.05) is 11.1 Å². The van der Waals surface area contributed by atoms with E-state index in [9.17, 15) is 0 Å². The first-order chi connectivity index (χ1) is 10.2. The third kappa shape index (κ3) is 2.82. The molecule has 0 aliphatic rings. The van der Waals surface area contributed by atoms with E-state index in [4.69, 9.17) is 11.1 Å². The van der Waals surface area contributed by atoms with Gasteiger partial charge in [-0.3, -0.25) is 5.41 Å². The monoisotopic (exact) mass is 273 g/mol. The number of rotatable bonds is 2. The van der Waals surface area contributed by atoms with Crippen molar-refractivity contribution in [1.29, 1.82) is 5.41 Å². The maximum Gasteiger partial charge on any atom is 0.154 e. The normalized spacial score (nSPS) is 11.5. The van der Waals surface area contributed by atoms with Crippen molar-refractivity contribution >= 4 is 22.4 Å². The molecule has 3 aromatic carbocycles. The fraction of sp³-hybridized carbons (Fsp3) is 0. The second-order valence-electron chi connectivity index (χ2n) is 4.77. The Balaban J connectivity index is 1.94. The fourth-order valence-corrected chi connectivity index (χ4v) is 2.19. The van der Waals surface area contributed by atoms with Gasteiger partial charge in [-0.05, 0) is 16.8 Å². The van der Waals surface area contributed by atoms with Crippen LogP contribution >= 0.6 is 0 Å². The molecule has 102 valence electrons. The summed E-state index contributed by atoms with van der Waals surface area (Å²) in [5.74, 6) is 0.524. The molecule has 0 bridgehead atoms. The summed E-state index contributed by atoms with van der Waals surface area (Å²) in [6.45, 7) is 0. The van der Waals surface area contributed by atoms with Gasteiger partial charge < -0.3 is 5.73 Å².